The van der Waals surface area contributed by atoms with Crippen LogP contribution in [0.4, 0.5) is 5.69 Å². The maximum absolute atomic E-state index is 12.9. The standard InChI is InChI=1S/C29H32N4O2/c1-32(2)17-4-5-25-19-26(12-15-28(25)35-3)29(34)31-27-13-10-24(11-14-27)23-8-6-22(7-9-23)20-33-18-16-30-21-33/h6-16,18-19,21H,4-5,17,20H2,1-3H3,(H,31,34). The normalized spacial score (nSPS) is 11.0. The Morgan fingerprint density at radius 3 is 2.34 bits per heavy atom. The van der Waals surface area contributed by atoms with Crippen molar-refractivity contribution in [1.82, 2.24) is 14.5 Å². The zero-order valence-electron chi connectivity index (χ0n) is 20.6. The van der Waals surface area contributed by atoms with Gasteiger partial charge in [0.15, 0.2) is 0 Å². The Kier molecular flexibility index (Phi) is 7.95. The van der Waals surface area contributed by atoms with Crippen LogP contribution in [0.15, 0.2) is 85.5 Å². The number of nitrogens with one attached hydrogen (secondary N) is 1. The van der Waals surface area contributed by atoms with E-state index in [4.69, 9.17) is 4.74 Å². The van der Waals surface area contributed by atoms with Crippen LogP contribution in [0.1, 0.15) is 27.9 Å². The summed E-state index contributed by atoms with van der Waals surface area (Å²) < 4.78 is 7.54. The predicted molar refractivity (Wildman–Crippen MR) is 141 cm³/mol. The molecule has 1 N–H and O–H groups in total. The summed E-state index contributed by atoms with van der Waals surface area (Å²) in [5.41, 5.74) is 5.90. The summed E-state index contributed by atoms with van der Waals surface area (Å²) >= 11 is 0. The van der Waals surface area contributed by atoms with Crippen LogP contribution in [-0.2, 0) is 13.0 Å². The first kappa shape index (κ1) is 24.2. The molecule has 35 heavy (non-hydrogen) atoms. The molecular formula is C29H32N4O2. The van der Waals surface area contributed by atoms with Crippen LogP contribution in [-0.4, -0.2) is 48.1 Å². The first-order valence-electron chi connectivity index (χ1n) is 11.8. The molecule has 0 aliphatic carbocycles. The van der Waals surface area contributed by atoms with Crippen LogP contribution in [0.3, 0.4) is 0 Å². The van der Waals surface area contributed by atoms with Gasteiger partial charge in [-0.15, -0.1) is 0 Å². The number of benzene rings is 3. The smallest absolute Gasteiger partial charge is 0.255 e. The maximum Gasteiger partial charge on any atom is 0.255 e. The third-order valence-corrected chi connectivity index (χ3v) is 5.95. The van der Waals surface area contributed by atoms with Crippen molar-refractivity contribution in [2.45, 2.75) is 19.4 Å². The number of amides is 1. The van der Waals surface area contributed by atoms with E-state index in [2.05, 4.69) is 53.6 Å². The van der Waals surface area contributed by atoms with Crippen molar-refractivity contribution in [2.75, 3.05) is 33.1 Å². The molecule has 0 fully saturated rings. The minimum absolute atomic E-state index is 0.127. The van der Waals surface area contributed by atoms with Gasteiger partial charge in [0.25, 0.3) is 5.91 Å². The van der Waals surface area contributed by atoms with Gasteiger partial charge in [0.1, 0.15) is 5.75 Å². The molecule has 0 spiro atoms. The van der Waals surface area contributed by atoms with Gasteiger partial charge < -0.3 is 19.5 Å². The van der Waals surface area contributed by atoms with Gasteiger partial charge in [-0.25, -0.2) is 4.98 Å². The van der Waals surface area contributed by atoms with E-state index in [1.807, 2.05) is 59.6 Å². The third-order valence-electron chi connectivity index (χ3n) is 5.95. The van der Waals surface area contributed by atoms with Gasteiger partial charge in [0, 0.05) is 30.2 Å². The third kappa shape index (κ3) is 6.58. The summed E-state index contributed by atoms with van der Waals surface area (Å²) in [6, 6.07) is 22.1. The van der Waals surface area contributed by atoms with E-state index in [0.29, 0.717) is 5.56 Å². The Hall–Kier alpha value is -3.90. The second kappa shape index (κ2) is 11.5. The minimum atomic E-state index is -0.127. The van der Waals surface area contributed by atoms with E-state index >= 15 is 0 Å². The van der Waals surface area contributed by atoms with Crippen molar-refractivity contribution in [3.63, 3.8) is 0 Å². The molecular weight excluding hydrogens is 436 g/mol. The van der Waals surface area contributed by atoms with Gasteiger partial charge >= 0.3 is 0 Å². The largest absolute Gasteiger partial charge is 0.496 e. The molecule has 1 aromatic heterocycles. The number of hydrogen-bond acceptors (Lipinski definition) is 4. The monoisotopic (exact) mass is 468 g/mol. The van der Waals surface area contributed by atoms with Crippen molar-refractivity contribution < 1.29 is 9.53 Å². The van der Waals surface area contributed by atoms with Gasteiger partial charge in [-0.05, 0) is 86.1 Å². The highest BCUT2D eigenvalue weighted by Crippen LogP contribution is 2.24. The number of aryl methyl sites for hydroxylation is 1. The lowest BCUT2D eigenvalue weighted by Gasteiger charge is -2.13. The van der Waals surface area contributed by atoms with E-state index in [9.17, 15) is 4.79 Å². The Morgan fingerprint density at radius 1 is 1.00 bits per heavy atom. The highest BCUT2D eigenvalue weighted by molar-refractivity contribution is 6.04. The van der Waals surface area contributed by atoms with E-state index in [1.54, 1.807) is 13.3 Å². The van der Waals surface area contributed by atoms with E-state index in [0.717, 1.165) is 54.1 Å². The summed E-state index contributed by atoms with van der Waals surface area (Å²) in [6.07, 6.45) is 7.42. The van der Waals surface area contributed by atoms with Crippen molar-refractivity contribution in [1.29, 1.82) is 0 Å². The summed E-state index contributed by atoms with van der Waals surface area (Å²) in [4.78, 5) is 19.1. The van der Waals surface area contributed by atoms with Crippen LogP contribution >= 0.6 is 0 Å². The zero-order chi connectivity index (χ0) is 24.6. The molecule has 6 heteroatoms. The van der Waals surface area contributed by atoms with Gasteiger partial charge in [-0.3, -0.25) is 4.79 Å². The first-order valence-corrected chi connectivity index (χ1v) is 11.8. The number of rotatable bonds is 10. The Morgan fingerprint density at radius 2 is 1.71 bits per heavy atom. The quantitative estimate of drug-likeness (QED) is 0.341. The molecule has 0 aliphatic heterocycles. The number of carbonyl (C=O) groups is 1. The van der Waals surface area contributed by atoms with Crippen molar-refractivity contribution in [2.24, 2.45) is 0 Å². The Labute approximate surface area is 207 Å². The molecule has 0 atom stereocenters. The molecule has 6 nitrogen and oxygen atoms in total. The molecule has 1 heterocycles. The Balaban J connectivity index is 1.39. The highest BCUT2D eigenvalue weighted by atomic mass is 16.5. The van der Waals surface area contributed by atoms with E-state index in [1.165, 1.54) is 5.56 Å². The van der Waals surface area contributed by atoms with Gasteiger partial charge in [-0.1, -0.05) is 36.4 Å². The van der Waals surface area contributed by atoms with Crippen LogP contribution < -0.4 is 10.1 Å². The average molecular weight is 469 g/mol. The lowest BCUT2D eigenvalue weighted by atomic mass is 10.0. The summed E-state index contributed by atoms with van der Waals surface area (Å²) in [5.74, 6) is 0.693. The number of aromatic nitrogens is 2. The first-order chi connectivity index (χ1) is 17.0. The van der Waals surface area contributed by atoms with Crippen LogP contribution in [0.2, 0.25) is 0 Å². The molecule has 0 unspecified atom stereocenters. The van der Waals surface area contributed by atoms with E-state index < -0.39 is 0 Å². The second-order valence-electron chi connectivity index (χ2n) is 8.90. The molecule has 0 aliphatic rings. The molecule has 0 radical (unpaired) electrons. The fourth-order valence-corrected chi connectivity index (χ4v) is 4.04. The number of methoxy groups -OCH3 is 1. The molecule has 0 bridgehead atoms. The van der Waals surface area contributed by atoms with Crippen LogP contribution in [0, 0.1) is 0 Å². The SMILES string of the molecule is COc1ccc(C(=O)Nc2ccc(-c3ccc(Cn4ccnc4)cc3)cc2)cc1CCCN(C)C. The van der Waals surface area contributed by atoms with Crippen molar-refractivity contribution >= 4 is 11.6 Å². The Bertz CT molecular complexity index is 1230. The van der Waals surface area contributed by atoms with Crippen molar-refractivity contribution in [3.05, 3.63) is 102 Å². The fourth-order valence-electron chi connectivity index (χ4n) is 4.04. The molecule has 3 aromatic carbocycles. The topological polar surface area (TPSA) is 59.4 Å². The number of carbonyl (C=O) groups excluding carboxylic acids is 1. The molecule has 0 saturated heterocycles. The van der Waals surface area contributed by atoms with Crippen LogP contribution in [0.25, 0.3) is 11.1 Å². The van der Waals surface area contributed by atoms with Crippen molar-refractivity contribution in [3.8, 4) is 16.9 Å². The molecule has 180 valence electrons. The van der Waals surface area contributed by atoms with Gasteiger partial charge in [-0.2, -0.15) is 0 Å². The minimum Gasteiger partial charge on any atom is -0.496 e. The summed E-state index contributed by atoms with van der Waals surface area (Å²) in [5, 5.41) is 3.01. The number of nitrogens with zero attached hydrogens (tertiary/aromatic N) is 3. The average Bonchev–Trinajstić information content (AvgIpc) is 3.38. The highest BCUT2D eigenvalue weighted by Gasteiger charge is 2.11. The molecule has 4 rings (SSSR count). The predicted octanol–water partition coefficient (Wildman–Crippen LogP) is 5.35. The number of ether oxygens (including phenoxy) is 1. The van der Waals surface area contributed by atoms with Gasteiger partial charge in [0.05, 0.1) is 13.4 Å². The number of imidazole rings is 1. The molecule has 0 saturated carbocycles. The molecule has 1 amide bonds. The zero-order valence-corrected chi connectivity index (χ0v) is 20.6. The summed E-state index contributed by atoms with van der Waals surface area (Å²) in [6.45, 7) is 1.78. The maximum atomic E-state index is 12.9. The lowest BCUT2D eigenvalue weighted by Crippen LogP contribution is -2.14. The lowest BCUT2D eigenvalue weighted by molar-refractivity contribution is 0.102. The van der Waals surface area contributed by atoms with Crippen LogP contribution in [0.5, 0.6) is 5.75 Å². The van der Waals surface area contributed by atoms with Gasteiger partial charge in [0.2, 0.25) is 0 Å². The second-order valence-corrected chi connectivity index (χ2v) is 8.90. The number of hydrogen-bond donors (Lipinski definition) is 1. The summed E-state index contributed by atoms with van der Waals surface area (Å²) in [7, 11) is 5.79. The molecule has 4 aromatic rings. The van der Waals surface area contributed by atoms with E-state index in [-0.39, 0.29) is 5.91 Å². The fraction of sp³-hybridized carbons (Fsp3) is 0.241. The number of anilines is 1.